The lowest BCUT2D eigenvalue weighted by molar-refractivity contribution is 0.0937. The molecule has 8 heteroatoms. The van der Waals surface area contributed by atoms with E-state index in [1.165, 1.54) is 12.8 Å². The van der Waals surface area contributed by atoms with Gasteiger partial charge in [0.1, 0.15) is 0 Å². The number of carbonyl (C=O) groups excluding carboxylic acids is 1. The zero-order chi connectivity index (χ0) is 19.1. The minimum absolute atomic E-state index is 0.0715. The van der Waals surface area contributed by atoms with E-state index in [2.05, 4.69) is 25.5 Å². The average molecular weight is 378 g/mol. The lowest BCUT2D eigenvalue weighted by Gasteiger charge is -2.11. The molecule has 1 N–H and O–H groups in total. The molecule has 0 aliphatic heterocycles. The lowest BCUT2D eigenvalue weighted by atomic mass is 10.2. The highest BCUT2D eigenvalue weighted by molar-refractivity contribution is 5.95. The normalized spacial score (nSPS) is 17.2. The van der Waals surface area contributed by atoms with Crippen molar-refractivity contribution in [1.82, 2.24) is 30.2 Å². The van der Waals surface area contributed by atoms with Crippen LogP contribution in [0.1, 0.15) is 66.3 Å². The molecule has 0 spiro atoms. The van der Waals surface area contributed by atoms with E-state index in [-0.39, 0.29) is 11.9 Å². The molecular formula is C20H22N6O2. The molecule has 0 atom stereocenters. The van der Waals surface area contributed by atoms with Gasteiger partial charge in [0.05, 0.1) is 17.5 Å². The third-order valence-electron chi connectivity index (χ3n) is 5.54. The van der Waals surface area contributed by atoms with E-state index in [9.17, 15) is 4.79 Å². The van der Waals surface area contributed by atoms with Gasteiger partial charge in [-0.3, -0.25) is 4.79 Å². The van der Waals surface area contributed by atoms with E-state index in [1.807, 2.05) is 19.1 Å². The summed E-state index contributed by atoms with van der Waals surface area (Å²) < 4.78 is 7.08. The van der Waals surface area contributed by atoms with Crippen LogP contribution in [0.15, 0.2) is 29.0 Å². The number of pyridine rings is 1. The van der Waals surface area contributed by atoms with Gasteiger partial charge in [0.25, 0.3) is 11.8 Å². The SMILES string of the molecule is Cc1c(C(=O)NC2CCCC2)cnn1-c1cc(-c2nc(C3CC3)no2)ccn1. The van der Waals surface area contributed by atoms with Crippen LogP contribution in [-0.2, 0) is 0 Å². The molecule has 2 saturated carbocycles. The summed E-state index contributed by atoms with van der Waals surface area (Å²) in [5.41, 5.74) is 2.12. The van der Waals surface area contributed by atoms with Crippen molar-refractivity contribution in [2.24, 2.45) is 0 Å². The van der Waals surface area contributed by atoms with E-state index in [0.717, 1.165) is 42.8 Å². The fourth-order valence-corrected chi connectivity index (χ4v) is 3.72. The highest BCUT2D eigenvalue weighted by atomic mass is 16.5. The van der Waals surface area contributed by atoms with Crippen molar-refractivity contribution in [2.45, 2.75) is 57.4 Å². The molecule has 2 aliphatic carbocycles. The molecule has 5 rings (SSSR count). The first-order chi connectivity index (χ1) is 13.7. The number of nitrogens with one attached hydrogen (secondary N) is 1. The zero-order valence-corrected chi connectivity index (χ0v) is 15.8. The molecule has 0 bridgehead atoms. The standard InChI is InChI=1S/C20H22N6O2/c1-12-16(19(27)23-15-4-2-3-5-15)11-22-26(12)17-10-14(8-9-21-17)20-24-18(25-28-20)13-6-7-13/h8-11,13,15H,2-7H2,1H3,(H,23,27). The number of nitrogens with zero attached hydrogens (tertiary/aromatic N) is 5. The minimum Gasteiger partial charge on any atom is -0.349 e. The predicted molar refractivity (Wildman–Crippen MR) is 101 cm³/mol. The quantitative estimate of drug-likeness (QED) is 0.732. The van der Waals surface area contributed by atoms with Gasteiger partial charge in [-0.2, -0.15) is 10.1 Å². The van der Waals surface area contributed by atoms with E-state index < -0.39 is 0 Å². The molecule has 8 nitrogen and oxygen atoms in total. The Hall–Kier alpha value is -3.03. The molecule has 3 aromatic rings. The zero-order valence-electron chi connectivity index (χ0n) is 15.8. The van der Waals surface area contributed by atoms with Crippen LogP contribution in [0.5, 0.6) is 0 Å². The molecule has 2 aliphatic rings. The van der Waals surface area contributed by atoms with E-state index in [1.54, 1.807) is 17.1 Å². The number of amides is 1. The van der Waals surface area contributed by atoms with Gasteiger partial charge in [-0.1, -0.05) is 18.0 Å². The second-order valence-electron chi connectivity index (χ2n) is 7.65. The Labute approximate surface area is 162 Å². The van der Waals surface area contributed by atoms with Crippen molar-refractivity contribution in [3.8, 4) is 17.3 Å². The molecule has 3 aromatic heterocycles. The summed E-state index contributed by atoms with van der Waals surface area (Å²) in [6.45, 7) is 1.88. The van der Waals surface area contributed by atoms with Crippen LogP contribution >= 0.6 is 0 Å². The summed E-state index contributed by atoms with van der Waals surface area (Å²) in [7, 11) is 0. The van der Waals surface area contributed by atoms with Crippen LogP contribution in [0.4, 0.5) is 0 Å². The maximum Gasteiger partial charge on any atom is 0.258 e. The van der Waals surface area contributed by atoms with E-state index in [4.69, 9.17) is 4.52 Å². The molecule has 0 aromatic carbocycles. The van der Waals surface area contributed by atoms with Gasteiger partial charge in [0, 0.05) is 23.7 Å². The minimum atomic E-state index is -0.0715. The molecule has 1 amide bonds. The first-order valence-electron chi connectivity index (χ1n) is 9.85. The Kier molecular flexibility index (Phi) is 4.18. The summed E-state index contributed by atoms with van der Waals surface area (Å²) >= 11 is 0. The summed E-state index contributed by atoms with van der Waals surface area (Å²) in [6.07, 6.45) is 10.00. The van der Waals surface area contributed by atoms with Crippen molar-refractivity contribution in [2.75, 3.05) is 0 Å². The summed E-state index contributed by atoms with van der Waals surface area (Å²) in [6, 6.07) is 3.96. The van der Waals surface area contributed by atoms with Gasteiger partial charge in [0.2, 0.25) is 0 Å². The molecule has 28 heavy (non-hydrogen) atoms. The predicted octanol–water partition coefficient (Wildman–Crippen LogP) is 3.18. The van der Waals surface area contributed by atoms with Crippen molar-refractivity contribution < 1.29 is 9.32 Å². The van der Waals surface area contributed by atoms with E-state index in [0.29, 0.717) is 23.2 Å². The maximum atomic E-state index is 12.6. The summed E-state index contributed by atoms with van der Waals surface area (Å²) in [5, 5.41) is 11.6. The maximum absolute atomic E-state index is 12.6. The Morgan fingerprint density at radius 2 is 2.07 bits per heavy atom. The Balaban J connectivity index is 1.40. The molecular weight excluding hydrogens is 356 g/mol. The third kappa shape index (κ3) is 3.19. The number of hydrogen-bond acceptors (Lipinski definition) is 6. The lowest BCUT2D eigenvalue weighted by Crippen LogP contribution is -2.32. The highest BCUT2D eigenvalue weighted by Gasteiger charge is 2.29. The Morgan fingerprint density at radius 1 is 1.25 bits per heavy atom. The first-order valence-corrected chi connectivity index (χ1v) is 9.85. The highest BCUT2D eigenvalue weighted by Crippen LogP contribution is 2.38. The molecule has 0 radical (unpaired) electrons. The smallest absolute Gasteiger partial charge is 0.258 e. The molecule has 2 fully saturated rings. The van der Waals surface area contributed by atoms with Crippen LogP contribution in [0.3, 0.4) is 0 Å². The molecule has 0 unspecified atom stereocenters. The van der Waals surface area contributed by atoms with Gasteiger partial charge in [-0.05, 0) is 44.7 Å². The third-order valence-corrected chi connectivity index (χ3v) is 5.54. The fraction of sp³-hybridized carbons (Fsp3) is 0.450. The van der Waals surface area contributed by atoms with Crippen LogP contribution in [0, 0.1) is 6.92 Å². The van der Waals surface area contributed by atoms with Crippen molar-refractivity contribution in [3.63, 3.8) is 0 Å². The van der Waals surface area contributed by atoms with Crippen LogP contribution in [0.2, 0.25) is 0 Å². The van der Waals surface area contributed by atoms with Crippen molar-refractivity contribution >= 4 is 5.91 Å². The fourth-order valence-electron chi connectivity index (χ4n) is 3.72. The topological polar surface area (TPSA) is 98.7 Å². The molecule has 144 valence electrons. The molecule has 3 heterocycles. The largest absolute Gasteiger partial charge is 0.349 e. The summed E-state index contributed by atoms with van der Waals surface area (Å²) in [4.78, 5) is 21.5. The van der Waals surface area contributed by atoms with Crippen molar-refractivity contribution in [3.05, 3.63) is 41.6 Å². The second kappa shape index (κ2) is 6.85. The number of rotatable bonds is 5. The van der Waals surface area contributed by atoms with Crippen LogP contribution in [0.25, 0.3) is 17.3 Å². The van der Waals surface area contributed by atoms with Gasteiger partial charge in [-0.25, -0.2) is 9.67 Å². The average Bonchev–Trinajstić information content (AvgIpc) is 3.10. The summed E-state index contributed by atoms with van der Waals surface area (Å²) in [5.74, 6) is 2.23. The van der Waals surface area contributed by atoms with Gasteiger partial charge >= 0.3 is 0 Å². The number of aromatic nitrogens is 5. The molecule has 0 saturated heterocycles. The second-order valence-corrected chi connectivity index (χ2v) is 7.65. The Morgan fingerprint density at radius 3 is 2.86 bits per heavy atom. The van der Waals surface area contributed by atoms with Gasteiger partial charge in [-0.15, -0.1) is 0 Å². The van der Waals surface area contributed by atoms with Gasteiger partial charge in [0.15, 0.2) is 11.6 Å². The Bertz CT molecular complexity index is 1010. The van der Waals surface area contributed by atoms with Crippen LogP contribution < -0.4 is 5.32 Å². The monoisotopic (exact) mass is 378 g/mol. The van der Waals surface area contributed by atoms with Gasteiger partial charge < -0.3 is 9.84 Å². The number of hydrogen-bond donors (Lipinski definition) is 1. The van der Waals surface area contributed by atoms with Crippen LogP contribution in [-0.4, -0.2) is 36.9 Å². The first kappa shape index (κ1) is 17.1. The van der Waals surface area contributed by atoms with Crippen molar-refractivity contribution in [1.29, 1.82) is 0 Å². The number of carbonyl (C=O) groups is 1. The van der Waals surface area contributed by atoms with E-state index >= 15 is 0 Å².